The van der Waals surface area contributed by atoms with Crippen molar-refractivity contribution < 1.29 is 26.4 Å². The first-order chi connectivity index (χ1) is 11.9. The summed E-state index contributed by atoms with van der Waals surface area (Å²) in [5.74, 6) is -2.43. The average molecular weight is 413 g/mol. The van der Waals surface area contributed by atoms with Crippen LogP contribution in [0.2, 0.25) is 5.02 Å². The van der Waals surface area contributed by atoms with Crippen LogP contribution in [0.15, 0.2) is 23.1 Å². The molecule has 1 aliphatic carbocycles. The minimum Gasteiger partial charge on any atom is -0.349 e. The van der Waals surface area contributed by atoms with Gasteiger partial charge in [0.1, 0.15) is 0 Å². The van der Waals surface area contributed by atoms with Gasteiger partial charge in [0.05, 0.1) is 21.4 Å². The topological polar surface area (TPSA) is 66.5 Å². The number of hydrogen-bond donors (Lipinski definition) is 1. The van der Waals surface area contributed by atoms with E-state index in [2.05, 4.69) is 5.32 Å². The molecule has 1 aliphatic rings. The number of carbonyl (C=O) groups is 1. The minimum atomic E-state index is -4.40. The molecule has 1 N–H and O–H groups in total. The second kappa shape index (κ2) is 7.74. The molecule has 1 amide bonds. The van der Waals surface area contributed by atoms with Gasteiger partial charge in [-0.1, -0.05) is 24.4 Å². The molecule has 0 spiro atoms. The highest BCUT2D eigenvalue weighted by Gasteiger charge is 2.46. The fraction of sp³-hybridized carbons (Fsp3) is 0.562. The molecular weight excluding hydrogens is 393 g/mol. The third kappa shape index (κ3) is 4.50. The van der Waals surface area contributed by atoms with E-state index in [1.54, 1.807) is 0 Å². The predicted molar refractivity (Wildman–Crippen MR) is 91.6 cm³/mol. The summed E-state index contributed by atoms with van der Waals surface area (Å²) in [5.41, 5.74) is -0.166. The Bertz CT molecular complexity index is 781. The number of carbonyl (C=O) groups excluding carboxylic acids is 1. The highest BCUT2D eigenvalue weighted by atomic mass is 35.5. The van der Waals surface area contributed by atoms with E-state index in [1.165, 1.54) is 26.2 Å². The van der Waals surface area contributed by atoms with Crippen molar-refractivity contribution in [3.8, 4) is 0 Å². The Morgan fingerprint density at radius 2 is 1.85 bits per heavy atom. The van der Waals surface area contributed by atoms with Crippen LogP contribution in [0.25, 0.3) is 0 Å². The van der Waals surface area contributed by atoms with Gasteiger partial charge in [-0.3, -0.25) is 4.79 Å². The molecule has 2 atom stereocenters. The SMILES string of the molecule is CN(C)S(=O)(=O)c1ccc(Cl)c(C(=O)NC2CCCCC2C(F)(F)F)c1. The standard InChI is InChI=1S/C16H20ClF3N2O3S/c1-22(2)26(24,25)10-7-8-13(17)11(9-10)15(23)21-14-6-4-3-5-12(14)16(18,19)20/h7-9,12,14H,3-6H2,1-2H3,(H,21,23). The molecule has 0 radical (unpaired) electrons. The summed E-state index contributed by atoms with van der Waals surface area (Å²) < 4.78 is 64.9. The molecule has 0 bridgehead atoms. The third-order valence-electron chi connectivity index (χ3n) is 4.46. The maximum Gasteiger partial charge on any atom is 0.393 e. The number of alkyl halides is 3. The van der Waals surface area contributed by atoms with Crippen molar-refractivity contribution in [2.75, 3.05) is 14.1 Å². The lowest BCUT2D eigenvalue weighted by molar-refractivity contribution is -0.187. The predicted octanol–water partition coefficient (Wildman–Crippen LogP) is 3.44. The highest BCUT2D eigenvalue weighted by Crippen LogP contribution is 2.38. The summed E-state index contributed by atoms with van der Waals surface area (Å²) in [6.45, 7) is 0. The van der Waals surface area contributed by atoms with Gasteiger partial charge >= 0.3 is 6.18 Å². The van der Waals surface area contributed by atoms with Gasteiger partial charge < -0.3 is 5.32 Å². The number of nitrogens with zero attached hydrogens (tertiary/aromatic N) is 1. The molecule has 0 aliphatic heterocycles. The van der Waals surface area contributed by atoms with Crippen LogP contribution in [0.4, 0.5) is 13.2 Å². The quantitative estimate of drug-likeness (QED) is 0.823. The lowest BCUT2D eigenvalue weighted by Crippen LogP contribution is -2.47. The van der Waals surface area contributed by atoms with Crippen LogP contribution in [0.5, 0.6) is 0 Å². The number of nitrogens with one attached hydrogen (secondary N) is 1. The number of rotatable bonds is 4. The molecule has 1 fully saturated rings. The van der Waals surface area contributed by atoms with Crippen LogP contribution < -0.4 is 5.32 Å². The van der Waals surface area contributed by atoms with Gasteiger partial charge in [-0.05, 0) is 31.0 Å². The molecule has 2 rings (SSSR count). The van der Waals surface area contributed by atoms with E-state index >= 15 is 0 Å². The normalized spacial score (nSPS) is 21.7. The molecular formula is C16H20ClF3N2O3S. The fourth-order valence-corrected chi connectivity index (χ4v) is 4.12. The van der Waals surface area contributed by atoms with E-state index < -0.39 is 34.1 Å². The number of halogens is 4. The van der Waals surface area contributed by atoms with Crippen molar-refractivity contribution in [3.63, 3.8) is 0 Å². The van der Waals surface area contributed by atoms with Gasteiger partial charge in [0.25, 0.3) is 5.91 Å². The Morgan fingerprint density at radius 1 is 1.23 bits per heavy atom. The van der Waals surface area contributed by atoms with E-state index in [0.717, 1.165) is 10.4 Å². The number of amides is 1. The summed E-state index contributed by atoms with van der Waals surface area (Å²) in [5, 5.41) is 2.36. The van der Waals surface area contributed by atoms with Crippen molar-refractivity contribution in [1.29, 1.82) is 0 Å². The molecule has 10 heteroatoms. The van der Waals surface area contributed by atoms with Crippen molar-refractivity contribution in [2.45, 2.75) is 42.8 Å². The number of sulfonamides is 1. The molecule has 0 saturated heterocycles. The lowest BCUT2D eigenvalue weighted by Gasteiger charge is -2.33. The Hall–Kier alpha value is -1.32. The monoisotopic (exact) mass is 412 g/mol. The largest absolute Gasteiger partial charge is 0.393 e. The summed E-state index contributed by atoms with van der Waals surface area (Å²) in [7, 11) is -1.14. The van der Waals surface area contributed by atoms with E-state index in [1.807, 2.05) is 0 Å². The highest BCUT2D eigenvalue weighted by molar-refractivity contribution is 7.89. The molecule has 1 saturated carbocycles. The summed E-state index contributed by atoms with van der Waals surface area (Å²) >= 11 is 5.97. The van der Waals surface area contributed by atoms with Gasteiger partial charge in [-0.25, -0.2) is 12.7 Å². The van der Waals surface area contributed by atoms with Gasteiger partial charge in [0.15, 0.2) is 0 Å². The van der Waals surface area contributed by atoms with Crippen molar-refractivity contribution in [2.24, 2.45) is 5.92 Å². The molecule has 1 aromatic carbocycles. The van der Waals surface area contributed by atoms with Crippen LogP contribution in [0.1, 0.15) is 36.0 Å². The Labute approximate surface area is 155 Å². The summed E-state index contributed by atoms with van der Waals surface area (Å²) in [6.07, 6.45) is -3.20. The maximum absolute atomic E-state index is 13.2. The molecule has 0 aromatic heterocycles. The van der Waals surface area contributed by atoms with E-state index in [0.29, 0.717) is 12.8 Å². The second-order valence-electron chi connectivity index (χ2n) is 6.44. The van der Waals surface area contributed by atoms with Gasteiger partial charge in [0, 0.05) is 20.1 Å². The Balaban J connectivity index is 2.29. The van der Waals surface area contributed by atoms with E-state index in [9.17, 15) is 26.4 Å². The molecule has 1 aromatic rings. The van der Waals surface area contributed by atoms with Crippen LogP contribution >= 0.6 is 11.6 Å². The van der Waals surface area contributed by atoms with Crippen LogP contribution in [0, 0.1) is 5.92 Å². The van der Waals surface area contributed by atoms with Crippen molar-refractivity contribution in [3.05, 3.63) is 28.8 Å². The Kier molecular flexibility index (Phi) is 6.24. The number of benzene rings is 1. The molecule has 26 heavy (non-hydrogen) atoms. The Morgan fingerprint density at radius 3 is 2.42 bits per heavy atom. The number of hydrogen-bond acceptors (Lipinski definition) is 3. The zero-order valence-electron chi connectivity index (χ0n) is 14.3. The summed E-state index contributed by atoms with van der Waals surface area (Å²) in [6, 6.07) is 2.52. The van der Waals surface area contributed by atoms with E-state index in [4.69, 9.17) is 11.6 Å². The average Bonchev–Trinajstić information content (AvgIpc) is 2.54. The van der Waals surface area contributed by atoms with Crippen molar-refractivity contribution >= 4 is 27.5 Å². The van der Waals surface area contributed by atoms with Gasteiger partial charge in [-0.2, -0.15) is 13.2 Å². The molecule has 146 valence electrons. The fourth-order valence-electron chi connectivity index (χ4n) is 2.99. The molecule has 0 heterocycles. The first-order valence-electron chi connectivity index (χ1n) is 8.04. The van der Waals surface area contributed by atoms with Crippen LogP contribution in [0.3, 0.4) is 0 Å². The maximum atomic E-state index is 13.2. The van der Waals surface area contributed by atoms with Gasteiger partial charge in [-0.15, -0.1) is 0 Å². The zero-order valence-corrected chi connectivity index (χ0v) is 15.9. The van der Waals surface area contributed by atoms with Crippen molar-refractivity contribution in [1.82, 2.24) is 9.62 Å². The molecule has 2 unspecified atom stereocenters. The first kappa shape index (κ1) is 21.0. The van der Waals surface area contributed by atoms with Crippen LogP contribution in [-0.4, -0.2) is 44.9 Å². The minimum absolute atomic E-state index is 0.0282. The van der Waals surface area contributed by atoms with Crippen LogP contribution in [-0.2, 0) is 10.0 Å². The lowest BCUT2D eigenvalue weighted by atomic mass is 9.84. The molecule has 5 nitrogen and oxygen atoms in total. The first-order valence-corrected chi connectivity index (χ1v) is 9.86. The smallest absolute Gasteiger partial charge is 0.349 e. The third-order valence-corrected chi connectivity index (χ3v) is 6.60. The zero-order chi connectivity index (χ0) is 19.7. The van der Waals surface area contributed by atoms with E-state index in [-0.39, 0.29) is 28.3 Å². The van der Waals surface area contributed by atoms with Gasteiger partial charge in [0.2, 0.25) is 10.0 Å². The second-order valence-corrected chi connectivity index (χ2v) is 9.00. The summed E-state index contributed by atoms with van der Waals surface area (Å²) in [4.78, 5) is 12.3.